The highest BCUT2D eigenvalue weighted by Gasteiger charge is 2.18. The maximum absolute atomic E-state index is 11.3. The number of carboxylic acids is 1. The molecule has 0 unspecified atom stereocenters. The number of hydrogen-bond donors (Lipinski definition) is 2. The Morgan fingerprint density at radius 3 is 2.77 bits per heavy atom. The Kier molecular flexibility index (Phi) is 4.18. The van der Waals surface area contributed by atoms with Crippen molar-refractivity contribution in [2.45, 2.75) is 13.1 Å². The van der Waals surface area contributed by atoms with Gasteiger partial charge in [0.05, 0.1) is 27.3 Å². The molecule has 0 spiro atoms. The number of aromatic nitrogens is 3. The first-order valence-corrected chi connectivity index (χ1v) is 9.03. The van der Waals surface area contributed by atoms with Gasteiger partial charge in [-0.3, -0.25) is 0 Å². The van der Waals surface area contributed by atoms with Crippen molar-refractivity contribution in [3.8, 4) is 17.0 Å². The number of phenolic OH excluding ortho intramolecular Hbond substituents is 1. The van der Waals surface area contributed by atoms with E-state index in [4.69, 9.17) is 11.6 Å². The van der Waals surface area contributed by atoms with Gasteiger partial charge in [0, 0.05) is 31.0 Å². The number of nitrogens with zero attached hydrogens (tertiary/aromatic N) is 3. The summed E-state index contributed by atoms with van der Waals surface area (Å²) in [5, 5.41) is 19.3. The highest BCUT2D eigenvalue weighted by molar-refractivity contribution is 7.20. The summed E-state index contributed by atoms with van der Waals surface area (Å²) in [5.74, 6) is -0.832. The molecule has 4 rings (SSSR count). The van der Waals surface area contributed by atoms with Crippen LogP contribution in [0.4, 0.5) is 0 Å². The molecule has 0 saturated heterocycles. The molecule has 0 atom stereocenters. The molecule has 0 radical (unpaired) electrons. The molecular weight excluding hydrogens is 374 g/mol. The largest absolute Gasteiger partial charge is 0.508 e. The molecule has 8 heteroatoms. The number of imidazole rings is 1. The van der Waals surface area contributed by atoms with Crippen molar-refractivity contribution in [2.24, 2.45) is 0 Å². The van der Waals surface area contributed by atoms with Crippen LogP contribution < -0.4 is 0 Å². The van der Waals surface area contributed by atoms with Gasteiger partial charge < -0.3 is 19.3 Å². The maximum Gasteiger partial charge on any atom is 0.345 e. The zero-order valence-electron chi connectivity index (χ0n) is 13.5. The fraction of sp³-hybridized carbons (Fsp3) is 0.111. The molecule has 2 N–H and O–H groups in total. The van der Waals surface area contributed by atoms with Crippen LogP contribution in [0.2, 0.25) is 5.02 Å². The molecule has 0 aliphatic heterocycles. The van der Waals surface area contributed by atoms with E-state index >= 15 is 0 Å². The Hall–Kier alpha value is -2.77. The molecule has 6 nitrogen and oxygen atoms in total. The zero-order valence-corrected chi connectivity index (χ0v) is 15.0. The molecule has 0 saturated carbocycles. The lowest BCUT2D eigenvalue weighted by molar-refractivity contribution is 0.0702. The highest BCUT2D eigenvalue weighted by Crippen LogP contribution is 2.37. The minimum absolute atomic E-state index is 0.102. The van der Waals surface area contributed by atoms with Gasteiger partial charge in [0.2, 0.25) is 0 Å². The van der Waals surface area contributed by atoms with Gasteiger partial charge in [-0.15, -0.1) is 11.3 Å². The van der Waals surface area contributed by atoms with E-state index in [0.717, 1.165) is 21.5 Å². The second-order valence-corrected chi connectivity index (χ2v) is 7.30. The van der Waals surface area contributed by atoms with Crippen LogP contribution in [0.1, 0.15) is 9.67 Å². The van der Waals surface area contributed by atoms with E-state index in [1.54, 1.807) is 30.7 Å². The summed E-state index contributed by atoms with van der Waals surface area (Å²) in [6.07, 6.45) is 5.34. The van der Waals surface area contributed by atoms with Crippen molar-refractivity contribution < 1.29 is 15.0 Å². The van der Waals surface area contributed by atoms with Gasteiger partial charge in [0.15, 0.2) is 0 Å². The van der Waals surface area contributed by atoms with E-state index in [1.807, 2.05) is 16.8 Å². The number of phenols is 1. The lowest BCUT2D eigenvalue weighted by Gasteiger charge is -2.12. The number of aromatic carboxylic acids is 1. The van der Waals surface area contributed by atoms with E-state index in [9.17, 15) is 15.0 Å². The SMILES string of the molecule is O=C(O)c1cc2c(cc(-c3ccc(O)cc3Cl)n2CCn2ccnc2)s1. The Bertz CT molecular complexity index is 1100. The third-order valence-corrected chi connectivity index (χ3v) is 5.54. The Morgan fingerprint density at radius 2 is 2.08 bits per heavy atom. The van der Waals surface area contributed by atoms with Crippen LogP contribution in [0.15, 0.2) is 49.1 Å². The van der Waals surface area contributed by atoms with Crippen LogP contribution in [0.3, 0.4) is 0 Å². The number of carboxylic acid groups (broad SMARTS) is 1. The molecule has 3 heterocycles. The van der Waals surface area contributed by atoms with Gasteiger partial charge >= 0.3 is 5.97 Å². The normalized spacial score (nSPS) is 11.3. The average molecular weight is 388 g/mol. The molecular formula is C18H14ClN3O3S. The molecule has 26 heavy (non-hydrogen) atoms. The Morgan fingerprint density at radius 1 is 1.23 bits per heavy atom. The van der Waals surface area contributed by atoms with Gasteiger partial charge in [-0.2, -0.15) is 0 Å². The van der Waals surface area contributed by atoms with E-state index in [0.29, 0.717) is 23.0 Å². The molecule has 0 aliphatic carbocycles. The molecule has 132 valence electrons. The molecule has 4 aromatic rings. The van der Waals surface area contributed by atoms with Crippen LogP contribution in [0, 0.1) is 0 Å². The molecule has 0 fully saturated rings. The number of fused-ring (bicyclic) bond motifs is 1. The lowest BCUT2D eigenvalue weighted by atomic mass is 10.1. The van der Waals surface area contributed by atoms with Gasteiger partial charge in [0.25, 0.3) is 0 Å². The predicted octanol–water partition coefficient (Wildman–Crippen LogP) is 4.32. The highest BCUT2D eigenvalue weighted by atomic mass is 35.5. The average Bonchev–Trinajstić information content (AvgIpc) is 3.29. The van der Waals surface area contributed by atoms with Gasteiger partial charge in [0.1, 0.15) is 10.6 Å². The van der Waals surface area contributed by atoms with E-state index in [2.05, 4.69) is 9.55 Å². The fourth-order valence-corrected chi connectivity index (χ4v) is 4.17. The number of aryl methyl sites for hydroxylation is 2. The second kappa shape index (κ2) is 6.51. The number of hydrogen-bond acceptors (Lipinski definition) is 4. The van der Waals surface area contributed by atoms with Crippen LogP contribution in [-0.2, 0) is 13.1 Å². The number of aromatic hydroxyl groups is 1. The summed E-state index contributed by atoms with van der Waals surface area (Å²) in [5.41, 5.74) is 2.52. The van der Waals surface area contributed by atoms with Crippen molar-refractivity contribution >= 4 is 39.1 Å². The van der Waals surface area contributed by atoms with Crippen LogP contribution in [0.25, 0.3) is 21.5 Å². The standard InChI is InChI=1S/C18H14ClN3O3S/c19-13-7-11(23)1-2-12(13)14-8-16-15(9-17(26-16)18(24)25)22(14)6-5-21-4-3-20-10-21/h1-4,7-10,23H,5-6H2,(H,24,25). The minimum atomic E-state index is -0.934. The third-order valence-electron chi connectivity index (χ3n) is 4.17. The number of thiophene rings is 1. The van der Waals surface area contributed by atoms with Crippen LogP contribution in [0.5, 0.6) is 5.75 Å². The first-order chi connectivity index (χ1) is 12.5. The first-order valence-electron chi connectivity index (χ1n) is 7.84. The summed E-state index contributed by atoms with van der Waals surface area (Å²) in [6.45, 7) is 1.31. The third kappa shape index (κ3) is 2.95. The van der Waals surface area contributed by atoms with E-state index in [-0.39, 0.29) is 5.75 Å². The summed E-state index contributed by atoms with van der Waals surface area (Å²) >= 11 is 7.57. The minimum Gasteiger partial charge on any atom is -0.508 e. The zero-order chi connectivity index (χ0) is 18.3. The topological polar surface area (TPSA) is 80.3 Å². The molecule has 0 amide bonds. The van der Waals surface area contributed by atoms with Crippen molar-refractivity contribution in [2.75, 3.05) is 0 Å². The van der Waals surface area contributed by atoms with Gasteiger partial charge in [-0.25, -0.2) is 9.78 Å². The van der Waals surface area contributed by atoms with Crippen molar-refractivity contribution in [3.05, 3.63) is 59.0 Å². The number of halogens is 1. The smallest absolute Gasteiger partial charge is 0.345 e. The predicted molar refractivity (Wildman–Crippen MR) is 101 cm³/mol. The maximum atomic E-state index is 11.3. The van der Waals surface area contributed by atoms with Crippen LogP contribution in [-0.4, -0.2) is 30.3 Å². The summed E-state index contributed by atoms with van der Waals surface area (Å²) in [6, 6.07) is 8.49. The summed E-state index contributed by atoms with van der Waals surface area (Å²) in [7, 11) is 0. The lowest BCUT2D eigenvalue weighted by Crippen LogP contribution is -2.07. The van der Waals surface area contributed by atoms with Gasteiger partial charge in [-0.1, -0.05) is 11.6 Å². The number of benzene rings is 1. The summed E-state index contributed by atoms with van der Waals surface area (Å²) < 4.78 is 4.89. The fourth-order valence-electron chi connectivity index (χ4n) is 2.96. The van der Waals surface area contributed by atoms with Crippen molar-refractivity contribution in [3.63, 3.8) is 0 Å². The van der Waals surface area contributed by atoms with Gasteiger partial charge in [-0.05, 0) is 30.3 Å². The Balaban J connectivity index is 1.83. The Labute approximate surface area is 157 Å². The quantitative estimate of drug-likeness (QED) is 0.534. The molecule has 0 bridgehead atoms. The summed E-state index contributed by atoms with van der Waals surface area (Å²) in [4.78, 5) is 15.7. The number of rotatable bonds is 5. The number of carbonyl (C=O) groups is 1. The second-order valence-electron chi connectivity index (χ2n) is 5.81. The van der Waals surface area contributed by atoms with E-state index in [1.165, 1.54) is 17.4 Å². The molecule has 0 aliphatic rings. The van der Waals surface area contributed by atoms with Crippen molar-refractivity contribution in [1.29, 1.82) is 0 Å². The van der Waals surface area contributed by atoms with Crippen LogP contribution >= 0.6 is 22.9 Å². The monoisotopic (exact) mass is 387 g/mol. The molecule has 3 aromatic heterocycles. The first kappa shape index (κ1) is 16.7. The van der Waals surface area contributed by atoms with Crippen molar-refractivity contribution in [1.82, 2.24) is 14.1 Å². The van der Waals surface area contributed by atoms with E-state index < -0.39 is 5.97 Å². The molecule has 1 aromatic carbocycles.